The Labute approximate surface area is 130 Å². The normalized spacial score (nSPS) is 10.2. The number of ether oxygens (including phenoxy) is 1. The minimum absolute atomic E-state index is 0.0695. The van der Waals surface area contributed by atoms with Gasteiger partial charge < -0.3 is 15.8 Å². The highest BCUT2D eigenvalue weighted by molar-refractivity contribution is 9.10. The second-order valence-electron chi connectivity index (χ2n) is 4.23. The molecule has 2 aromatic carbocycles. The number of nitrogen functional groups attached to an aromatic ring is 1. The molecule has 21 heavy (non-hydrogen) atoms. The monoisotopic (exact) mass is 352 g/mol. The van der Waals surface area contributed by atoms with Crippen molar-refractivity contribution in [3.63, 3.8) is 0 Å². The lowest BCUT2D eigenvalue weighted by Gasteiger charge is -2.13. The number of carbonyl (C=O) groups is 1. The zero-order chi connectivity index (χ0) is 15.4. The summed E-state index contributed by atoms with van der Waals surface area (Å²) in [5, 5.41) is 2.50. The lowest BCUT2D eigenvalue weighted by molar-refractivity contribution is 0.102. The van der Waals surface area contributed by atoms with Crippen molar-refractivity contribution in [2.45, 2.75) is 6.92 Å². The molecule has 0 heterocycles. The predicted octanol–water partition coefficient (Wildman–Crippen LogP) is 3.82. The maximum Gasteiger partial charge on any atom is 0.261 e. The van der Waals surface area contributed by atoms with E-state index in [1.807, 2.05) is 0 Å². The van der Waals surface area contributed by atoms with Crippen LogP contribution in [-0.4, -0.2) is 12.5 Å². The van der Waals surface area contributed by atoms with E-state index in [0.717, 1.165) is 0 Å². The number of hydrogen-bond donors (Lipinski definition) is 2. The molecule has 0 spiro atoms. The van der Waals surface area contributed by atoms with Crippen LogP contribution in [0.5, 0.6) is 5.75 Å². The van der Waals surface area contributed by atoms with Gasteiger partial charge in [0, 0.05) is 10.2 Å². The summed E-state index contributed by atoms with van der Waals surface area (Å²) < 4.78 is 19.7. The van der Waals surface area contributed by atoms with Crippen LogP contribution in [0.2, 0.25) is 0 Å². The van der Waals surface area contributed by atoms with E-state index in [0.29, 0.717) is 16.8 Å². The molecule has 2 aromatic rings. The summed E-state index contributed by atoms with van der Waals surface area (Å²) in [7, 11) is 0. The summed E-state index contributed by atoms with van der Waals surface area (Å²) in [5.41, 5.74) is 6.37. The Morgan fingerprint density at radius 2 is 2.14 bits per heavy atom. The molecular weight excluding hydrogens is 339 g/mol. The number of rotatable bonds is 4. The highest BCUT2D eigenvalue weighted by atomic mass is 79.9. The zero-order valence-corrected chi connectivity index (χ0v) is 12.9. The van der Waals surface area contributed by atoms with Gasteiger partial charge in [0.25, 0.3) is 5.91 Å². The molecule has 0 aromatic heterocycles. The molecule has 110 valence electrons. The van der Waals surface area contributed by atoms with E-state index < -0.39 is 11.7 Å². The lowest BCUT2D eigenvalue weighted by Crippen LogP contribution is -2.16. The quantitative estimate of drug-likeness (QED) is 0.822. The van der Waals surface area contributed by atoms with E-state index in [-0.39, 0.29) is 16.9 Å². The Hall–Kier alpha value is -2.08. The van der Waals surface area contributed by atoms with Crippen LogP contribution < -0.4 is 15.8 Å². The largest absolute Gasteiger partial charge is 0.493 e. The maximum atomic E-state index is 13.7. The number of carbonyl (C=O) groups excluding carboxylic acids is 1. The van der Waals surface area contributed by atoms with Crippen molar-refractivity contribution in [1.29, 1.82) is 0 Å². The van der Waals surface area contributed by atoms with Gasteiger partial charge in [-0.2, -0.15) is 0 Å². The van der Waals surface area contributed by atoms with Crippen LogP contribution in [0.25, 0.3) is 0 Å². The third-order valence-electron chi connectivity index (χ3n) is 2.76. The van der Waals surface area contributed by atoms with Crippen molar-refractivity contribution in [3.05, 3.63) is 52.3 Å². The van der Waals surface area contributed by atoms with Crippen molar-refractivity contribution >= 4 is 33.2 Å². The molecule has 4 nitrogen and oxygen atoms in total. The molecule has 3 N–H and O–H groups in total. The first-order valence-corrected chi connectivity index (χ1v) is 7.10. The van der Waals surface area contributed by atoms with Crippen molar-refractivity contribution in [3.8, 4) is 5.75 Å². The predicted molar refractivity (Wildman–Crippen MR) is 84.1 cm³/mol. The third kappa shape index (κ3) is 3.52. The molecule has 6 heteroatoms. The van der Waals surface area contributed by atoms with E-state index in [2.05, 4.69) is 21.2 Å². The minimum Gasteiger partial charge on any atom is -0.493 e. The number of nitrogens with two attached hydrogens (primary N) is 1. The third-order valence-corrected chi connectivity index (χ3v) is 3.26. The van der Waals surface area contributed by atoms with Gasteiger partial charge in [0.05, 0.1) is 12.3 Å². The Morgan fingerprint density at radius 1 is 1.38 bits per heavy atom. The SMILES string of the molecule is CCOc1cccc(N)c1C(=O)Nc1cc(Br)ccc1F. The van der Waals surface area contributed by atoms with Crippen LogP contribution in [0.15, 0.2) is 40.9 Å². The molecule has 0 bridgehead atoms. The van der Waals surface area contributed by atoms with Crippen LogP contribution in [0, 0.1) is 5.82 Å². The molecule has 2 rings (SSSR count). The Bertz CT molecular complexity index is 677. The minimum atomic E-state index is -0.529. The highest BCUT2D eigenvalue weighted by Gasteiger charge is 2.17. The number of halogens is 2. The number of hydrogen-bond acceptors (Lipinski definition) is 3. The van der Waals surface area contributed by atoms with Gasteiger partial charge in [-0.3, -0.25) is 4.79 Å². The summed E-state index contributed by atoms with van der Waals surface area (Å²) in [6.45, 7) is 2.20. The molecule has 0 fully saturated rings. The maximum absolute atomic E-state index is 13.7. The average molecular weight is 353 g/mol. The summed E-state index contributed by atoms with van der Waals surface area (Å²) >= 11 is 3.23. The number of nitrogens with one attached hydrogen (secondary N) is 1. The van der Waals surface area contributed by atoms with Gasteiger partial charge in [0.1, 0.15) is 17.1 Å². The molecule has 0 radical (unpaired) electrons. The van der Waals surface area contributed by atoms with Crippen molar-refractivity contribution < 1.29 is 13.9 Å². The molecule has 0 atom stereocenters. The van der Waals surface area contributed by atoms with Crippen molar-refractivity contribution in [2.24, 2.45) is 0 Å². The van der Waals surface area contributed by atoms with Gasteiger partial charge >= 0.3 is 0 Å². The first-order chi connectivity index (χ1) is 10.0. The Kier molecular flexibility index (Phi) is 4.80. The van der Waals surface area contributed by atoms with Crippen LogP contribution in [0.3, 0.4) is 0 Å². The van der Waals surface area contributed by atoms with Crippen molar-refractivity contribution in [1.82, 2.24) is 0 Å². The fraction of sp³-hybridized carbons (Fsp3) is 0.133. The molecule has 0 aliphatic rings. The van der Waals surface area contributed by atoms with E-state index in [9.17, 15) is 9.18 Å². The summed E-state index contributed by atoms with van der Waals surface area (Å²) in [5.74, 6) is -0.682. The van der Waals surface area contributed by atoms with Crippen LogP contribution in [0.1, 0.15) is 17.3 Å². The summed E-state index contributed by atoms with van der Waals surface area (Å²) in [6.07, 6.45) is 0. The highest BCUT2D eigenvalue weighted by Crippen LogP contribution is 2.27. The smallest absolute Gasteiger partial charge is 0.261 e. The van der Waals surface area contributed by atoms with Gasteiger partial charge in [-0.1, -0.05) is 22.0 Å². The molecule has 0 saturated carbocycles. The standard InChI is InChI=1S/C15H14BrFN2O2/c1-2-21-13-5-3-4-11(18)14(13)15(20)19-12-8-9(16)6-7-10(12)17/h3-8H,2,18H2,1H3,(H,19,20). The van der Waals surface area contributed by atoms with E-state index in [4.69, 9.17) is 10.5 Å². The van der Waals surface area contributed by atoms with Gasteiger partial charge in [-0.25, -0.2) is 4.39 Å². The summed E-state index contributed by atoms with van der Waals surface area (Å²) in [6, 6.07) is 9.22. The van der Waals surface area contributed by atoms with E-state index in [1.165, 1.54) is 12.1 Å². The number of amides is 1. The van der Waals surface area contributed by atoms with Crippen molar-refractivity contribution in [2.75, 3.05) is 17.7 Å². The second kappa shape index (κ2) is 6.58. The van der Waals surface area contributed by atoms with Crippen LogP contribution in [-0.2, 0) is 0 Å². The molecule has 0 aliphatic heterocycles. The topological polar surface area (TPSA) is 64.3 Å². The average Bonchev–Trinajstić information content (AvgIpc) is 2.43. The zero-order valence-electron chi connectivity index (χ0n) is 11.3. The van der Waals surface area contributed by atoms with Gasteiger partial charge in [0.15, 0.2) is 0 Å². The number of anilines is 2. The first-order valence-electron chi connectivity index (χ1n) is 6.30. The van der Waals surface area contributed by atoms with Gasteiger partial charge in [-0.05, 0) is 37.3 Å². The van der Waals surface area contributed by atoms with Gasteiger partial charge in [-0.15, -0.1) is 0 Å². The molecule has 1 amide bonds. The van der Waals surface area contributed by atoms with E-state index >= 15 is 0 Å². The second-order valence-corrected chi connectivity index (χ2v) is 5.15. The lowest BCUT2D eigenvalue weighted by atomic mass is 10.1. The molecule has 0 unspecified atom stereocenters. The van der Waals surface area contributed by atoms with Gasteiger partial charge in [0.2, 0.25) is 0 Å². The fourth-order valence-corrected chi connectivity index (χ4v) is 2.21. The Morgan fingerprint density at radius 3 is 2.86 bits per heavy atom. The van der Waals surface area contributed by atoms with E-state index in [1.54, 1.807) is 31.2 Å². The number of benzene rings is 2. The van der Waals surface area contributed by atoms with Crippen LogP contribution >= 0.6 is 15.9 Å². The fourth-order valence-electron chi connectivity index (χ4n) is 1.84. The Balaban J connectivity index is 2.34. The van der Waals surface area contributed by atoms with Crippen LogP contribution in [0.4, 0.5) is 15.8 Å². The summed E-state index contributed by atoms with van der Waals surface area (Å²) in [4.78, 5) is 12.3. The molecule has 0 aliphatic carbocycles. The molecular formula is C15H14BrFN2O2. The first kappa shape index (κ1) is 15.3. The molecule has 0 saturated heterocycles.